The van der Waals surface area contributed by atoms with Crippen LogP contribution < -0.4 is 20.7 Å². The zero-order valence-corrected chi connectivity index (χ0v) is 26.4. The first-order chi connectivity index (χ1) is 23.6. The second-order valence-electron chi connectivity index (χ2n) is 11.8. The molecule has 13 heteroatoms. The van der Waals surface area contributed by atoms with E-state index in [2.05, 4.69) is 20.9 Å². The van der Waals surface area contributed by atoms with Crippen molar-refractivity contribution >= 4 is 35.3 Å². The van der Waals surface area contributed by atoms with E-state index in [1.165, 1.54) is 59.8 Å². The molecule has 4 aromatic rings. The second-order valence-corrected chi connectivity index (χ2v) is 11.8. The molecule has 1 aromatic heterocycles. The molecule has 0 atom stereocenters. The third-order valence-electron chi connectivity index (χ3n) is 8.16. The summed E-state index contributed by atoms with van der Waals surface area (Å²) in [5.41, 5.74) is 1.73. The summed E-state index contributed by atoms with van der Waals surface area (Å²) in [6.07, 6.45) is 4.25. The van der Waals surface area contributed by atoms with Crippen LogP contribution in [0.4, 0.5) is 29.7 Å². The van der Waals surface area contributed by atoms with Gasteiger partial charge in [0.05, 0.1) is 12.6 Å². The van der Waals surface area contributed by atoms with Crippen molar-refractivity contribution in [1.82, 2.24) is 15.2 Å². The zero-order valence-electron chi connectivity index (χ0n) is 26.4. The number of benzene rings is 3. The summed E-state index contributed by atoms with van der Waals surface area (Å²) in [6, 6.07) is 19.0. The molecule has 1 fully saturated rings. The van der Waals surface area contributed by atoms with Crippen LogP contribution in [0.5, 0.6) is 11.5 Å². The number of halogens is 2. The van der Waals surface area contributed by atoms with Crippen LogP contribution in [0, 0.1) is 23.5 Å². The number of pyridine rings is 1. The van der Waals surface area contributed by atoms with Crippen LogP contribution in [0.3, 0.4) is 0 Å². The van der Waals surface area contributed by atoms with Crippen molar-refractivity contribution in [2.75, 3.05) is 17.2 Å². The van der Waals surface area contributed by atoms with E-state index >= 15 is 4.39 Å². The van der Waals surface area contributed by atoms with Crippen LogP contribution in [0.2, 0.25) is 0 Å². The lowest BCUT2D eigenvalue weighted by Gasteiger charge is -2.31. The van der Waals surface area contributed by atoms with E-state index in [0.717, 1.165) is 11.6 Å². The second kappa shape index (κ2) is 16.3. The SMILES string of the molecule is O=C(Cc1ccc(F)cc1)NC(=O)Nc1ccc(Oc2ccncc2NC(=O)[C@H]2CC[C@H](CN(Cc3ccccc3)C(=O)O)CC2)c(F)c1. The van der Waals surface area contributed by atoms with Gasteiger partial charge in [0.15, 0.2) is 17.3 Å². The maximum atomic E-state index is 15.0. The number of carboxylic acid groups (broad SMARTS) is 1. The van der Waals surface area contributed by atoms with Gasteiger partial charge < -0.3 is 25.4 Å². The summed E-state index contributed by atoms with van der Waals surface area (Å²) in [4.78, 5) is 54.9. The zero-order chi connectivity index (χ0) is 34.8. The average molecular weight is 672 g/mol. The summed E-state index contributed by atoms with van der Waals surface area (Å²) in [5, 5.41) is 17.1. The molecule has 1 saturated carbocycles. The molecule has 0 bridgehead atoms. The predicted molar refractivity (Wildman–Crippen MR) is 177 cm³/mol. The highest BCUT2D eigenvalue weighted by molar-refractivity contribution is 6.01. The van der Waals surface area contributed by atoms with Crippen molar-refractivity contribution in [3.8, 4) is 11.5 Å². The van der Waals surface area contributed by atoms with Crippen molar-refractivity contribution in [1.29, 1.82) is 0 Å². The minimum absolute atomic E-state index is 0.0577. The number of carbonyl (C=O) groups is 4. The van der Waals surface area contributed by atoms with Crippen molar-refractivity contribution in [2.24, 2.45) is 11.8 Å². The lowest BCUT2D eigenvalue weighted by atomic mass is 9.81. The van der Waals surface area contributed by atoms with Crippen LogP contribution >= 0.6 is 0 Å². The van der Waals surface area contributed by atoms with Crippen LogP contribution in [0.1, 0.15) is 36.8 Å². The van der Waals surface area contributed by atoms with Crippen molar-refractivity contribution in [3.63, 3.8) is 0 Å². The molecule has 5 amide bonds. The van der Waals surface area contributed by atoms with Gasteiger partial charge in [0.2, 0.25) is 11.8 Å². The maximum absolute atomic E-state index is 15.0. The quantitative estimate of drug-likeness (QED) is 0.135. The molecule has 0 radical (unpaired) electrons. The molecular weight excluding hydrogens is 636 g/mol. The van der Waals surface area contributed by atoms with Crippen LogP contribution in [-0.2, 0) is 22.6 Å². The number of anilines is 2. The third-order valence-corrected chi connectivity index (χ3v) is 8.16. The maximum Gasteiger partial charge on any atom is 0.407 e. The monoisotopic (exact) mass is 671 g/mol. The minimum Gasteiger partial charge on any atom is -0.465 e. The molecule has 0 saturated heterocycles. The fourth-order valence-corrected chi connectivity index (χ4v) is 5.63. The first-order valence-corrected chi connectivity index (χ1v) is 15.7. The largest absolute Gasteiger partial charge is 0.465 e. The van der Waals surface area contributed by atoms with Crippen LogP contribution in [0.15, 0.2) is 91.3 Å². The Kier molecular flexibility index (Phi) is 11.5. The molecule has 254 valence electrons. The Morgan fingerprint density at radius 3 is 2.29 bits per heavy atom. The van der Waals surface area contributed by atoms with E-state index in [1.807, 2.05) is 30.3 Å². The van der Waals surface area contributed by atoms with Gasteiger partial charge in [0, 0.05) is 43.0 Å². The summed E-state index contributed by atoms with van der Waals surface area (Å²) in [6.45, 7) is 0.690. The molecule has 1 aliphatic carbocycles. The first kappa shape index (κ1) is 34.5. The Labute approximate surface area is 281 Å². The molecule has 11 nitrogen and oxygen atoms in total. The fraction of sp³-hybridized carbons (Fsp3) is 0.250. The van der Waals surface area contributed by atoms with Crippen LogP contribution in [-0.4, -0.2) is 45.5 Å². The molecule has 1 heterocycles. The molecule has 49 heavy (non-hydrogen) atoms. The molecule has 3 aromatic carbocycles. The van der Waals surface area contributed by atoms with Crippen molar-refractivity contribution in [2.45, 2.75) is 38.6 Å². The highest BCUT2D eigenvalue weighted by Gasteiger charge is 2.29. The van der Waals surface area contributed by atoms with E-state index in [-0.39, 0.29) is 47.0 Å². The summed E-state index contributed by atoms with van der Waals surface area (Å²) in [5.74, 6) is -2.33. The van der Waals surface area contributed by atoms with Crippen LogP contribution in [0.25, 0.3) is 0 Å². The molecule has 5 rings (SSSR count). The van der Waals surface area contributed by atoms with Crippen molar-refractivity contribution < 1.29 is 37.8 Å². The van der Waals surface area contributed by atoms with Gasteiger partial charge >= 0.3 is 12.1 Å². The summed E-state index contributed by atoms with van der Waals surface area (Å²) >= 11 is 0. The normalized spacial score (nSPS) is 15.5. The average Bonchev–Trinajstić information content (AvgIpc) is 3.08. The highest BCUT2D eigenvalue weighted by atomic mass is 19.1. The Morgan fingerprint density at radius 2 is 1.59 bits per heavy atom. The van der Waals surface area contributed by atoms with Gasteiger partial charge in [0.1, 0.15) is 11.5 Å². The lowest BCUT2D eigenvalue weighted by Crippen LogP contribution is -2.36. The van der Waals surface area contributed by atoms with E-state index < -0.39 is 29.7 Å². The van der Waals surface area contributed by atoms with Gasteiger partial charge in [-0.25, -0.2) is 18.4 Å². The number of aromatic nitrogens is 1. The van der Waals surface area contributed by atoms with Gasteiger partial charge in [-0.1, -0.05) is 42.5 Å². The number of ether oxygens (including phenoxy) is 1. The standard InChI is InChI=1S/C36H35F2N5O6/c37-27-12-8-23(9-13-27)18-33(44)42-35(46)40-28-14-15-31(29(38)19-28)49-32-16-17-39-20-30(32)41-34(45)26-10-6-25(7-11-26)22-43(36(47)48)21-24-4-2-1-3-5-24/h1-5,8-9,12-17,19-20,25-26H,6-7,10-11,18,21-22H2,(H,41,45)(H,47,48)(H2,40,42,44,46)/t25-,26-. The molecule has 0 spiro atoms. The summed E-state index contributed by atoms with van der Waals surface area (Å²) in [7, 11) is 0. The highest BCUT2D eigenvalue weighted by Crippen LogP contribution is 2.34. The van der Waals surface area contributed by atoms with Gasteiger partial charge in [-0.3, -0.25) is 19.9 Å². The lowest BCUT2D eigenvalue weighted by molar-refractivity contribution is -0.121. The summed E-state index contributed by atoms with van der Waals surface area (Å²) < 4.78 is 33.8. The Morgan fingerprint density at radius 1 is 0.857 bits per heavy atom. The molecule has 0 aliphatic heterocycles. The number of nitrogens with zero attached hydrogens (tertiary/aromatic N) is 2. The number of imide groups is 1. The van der Waals surface area contributed by atoms with E-state index in [0.29, 0.717) is 44.3 Å². The molecular formula is C36H35F2N5O6. The van der Waals surface area contributed by atoms with Gasteiger partial charge in [-0.15, -0.1) is 0 Å². The number of urea groups is 1. The number of hydrogen-bond donors (Lipinski definition) is 4. The number of rotatable bonds is 11. The molecule has 1 aliphatic rings. The Bertz CT molecular complexity index is 1780. The number of carbonyl (C=O) groups excluding carboxylic acids is 3. The number of nitrogens with one attached hydrogen (secondary N) is 3. The smallest absolute Gasteiger partial charge is 0.407 e. The fourth-order valence-electron chi connectivity index (χ4n) is 5.63. The molecule has 0 unspecified atom stereocenters. The van der Waals surface area contributed by atoms with Crippen molar-refractivity contribution in [3.05, 3.63) is 114 Å². The number of hydrogen-bond acceptors (Lipinski definition) is 6. The van der Waals surface area contributed by atoms with Gasteiger partial charge in [0.25, 0.3) is 0 Å². The molecule has 4 N–H and O–H groups in total. The van der Waals surface area contributed by atoms with Gasteiger partial charge in [-0.2, -0.15) is 0 Å². The minimum atomic E-state index is -0.979. The number of amides is 5. The van der Waals surface area contributed by atoms with E-state index in [1.54, 1.807) is 0 Å². The Balaban J connectivity index is 1.11. The van der Waals surface area contributed by atoms with E-state index in [4.69, 9.17) is 4.74 Å². The Hall–Kier alpha value is -5.85. The third kappa shape index (κ3) is 10.1. The first-order valence-electron chi connectivity index (χ1n) is 15.7. The topological polar surface area (TPSA) is 150 Å². The van der Waals surface area contributed by atoms with Gasteiger partial charge in [-0.05, 0) is 67.0 Å². The van der Waals surface area contributed by atoms with E-state index in [9.17, 15) is 28.7 Å². The predicted octanol–water partition coefficient (Wildman–Crippen LogP) is 6.97.